The Kier molecular flexibility index (Phi) is 3.39. The maximum Gasteiger partial charge on any atom is 0.0292 e. The molecule has 0 radical (unpaired) electrons. The lowest BCUT2D eigenvalue weighted by molar-refractivity contribution is 0.489. The van der Waals surface area contributed by atoms with Crippen LogP contribution in [0, 0.1) is 6.92 Å². The van der Waals surface area contributed by atoms with Gasteiger partial charge in [0.05, 0.1) is 0 Å². The minimum absolute atomic E-state index is 0.424. The molecule has 0 fully saturated rings. The number of rotatable bonds is 4. The van der Waals surface area contributed by atoms with Crippen molar-refractivity contribution in [2.24, 2.45) is 0 Å². The molecule has 98 valence electrons. The molecule has 2 aromatic rings. The van der Waals surface area contributed by atoms with Gasteiger partial charge in [0, 0.05) is 18.5 Å². The molecule has 2 aromatic carbocycles. The van der Waals surface area contributed by atoms with Gasteiger partial charge in [-0.05, 0) is 37.0 Å². The van der Waals surface area contributed by atoms with E-state index in [2.05, 4.69) is 67.7 Å². The highest BCUT2D eigenvalue weighted by Gasteiger charge is 2.25. The van der Waals surface area contributed by atoms with Crippen molar-refractivity contribution in [1.82, 2.24) is 5.32 Å². The van der Waals surface area contributed by atoms with Crippen LogP contribution in [-0.4, -0.2) is 6.54 Å². The first-order chi connectivity index (χ1) is 9.24. The molecule has 0 amide bonds. The smallest absolute Gasteiger partial charge is 0.0292 e. The topological polar surface area (TPSA) is 12.0 Å². The van der Waals surface area contributed by atoms with Gasteiger partial charge in [-0.2, -0.15) is 0 Å². The third-order valence-electron chi connectivity index (χ3n) is 4.21. The highest BCUT2D eigenvalue weighted by molar-refractivity contribution is 5.40. The summed E-state index contributed by atoms with van der Waals surface area (Å²) in [7, 11) is 0. The van der Waals surface area contributed by atoms with E-state index < -0.39 is 0 Å². The van der Waals surface area contributed by atoms with Crippen molar-refractivity contribution < 1.29 is 0 Å². The van der Waals surface area contributed by atoms with Crippen molar-refractivity contribution in [2.75, 3.05) is 6.54 Å². The molecule has 19 heavy (non-hydrogen) atoms. The van der Waals surface area contributed by atoms with E-state index in [4.69, 9.17) is 0 Å². The Morgan fingerprint density at radius 1 is 1.11 bits per heavy atom. The molecule has 2 atom stereocenters. The van der Waals surface area contributed by atoms with Crippen molar-refractivity contribution in [2.45, 2.75) is 32.2 Å². The molecule has 1 N–H and O–H groups in total. The van der Waals surface area contributed by atoms with Crippen LogP contribution in [0.2, 0.25) is 0 Å². The monoisotopic (exact) mass is 251 g/mol. The van der Waals surface area contributed by atoms with Gasteiger partial charge < -0.3 is 5.32 Å². The van der Waals surface area contributed by atoms with E-state index in [1.165, 1.54) is 28.7 Å². The van der Waals surface area contributed by atoms with Crippen LogP contribution >= 0.6 is 0 Å². The van der Waals surface area contributed by atoms with Crippen LogP contribution in [0.5, 0.6) is 0 Å². The lowest BCUT2D eigenvalue weighted by Gasteiger charge is -2.31. The van der Waals surface area contributed by atoms with Crippen LogP contribution in [0.25, 0.3) is 0 Å². The molecule has 3 rings (SSSR count). The highest BCUT2D eigenvalue weighted by Crippen LogP contribution is 2.34. The summed E-state index contributed by atoms with van der Waals surface area (Å²) in [6.45, 7) is 5.45. The Morgan fingerprint density at radius 3 is 2.58 bits per heavy atom. The van der Waals surface area contributed by atoms with Crippen LogP contribution in [0.4, 0.5) is 0 Å². The molecule has 0 aromatic heterocycles. The number of nitrogens with one attached hydrogen (secondary N) is 1. The lowest BCUT2D eigenvalue weighted by Crippen LogP contribution is -2.30. The van der Waals surface area contributed by atoms with E-state index in [0.29, 0.717) is 12.0 Å². The van der Waals surface area contributed by atoms with Crippen LogP contribution in [-0.2, 0) is 6.42 Å². The van der Waals surface area contributed by atoms with E-state index in [0.717, 1.165) is 6.54 Å². The molecule has 0 aliphatic heterocycles. The largest absolute Gasteiger partial charge is 0.310 e. The number of hydrogen-bond acceptors (Lipinski definition) is 1. The normalized spacial score (nSPS) is 18.5. The fourth-order valence-electron chi connectivity index (χ4n) is 2.84. The van der Waals surface area contributed by atoms with Crippen molar-refractivity contribution in [3.63, 3.8) is 0 Å². The molecule has 1 heteroatoms. The Labute approximate surface area is 115 Å². The molecule has 0 saturated heterocycles. The van der Waals surface area contributed by atoms with Gasteiger partial charge in [0.2, 0.25) is 0 Å². The molecule has 0 spiro atoms. The van der Waals surface area contributed by atoms with E-state index in [-0.39, 0.29) is 0 Å². The molecule has 1 aliphatic carbocycles. The number of fused-ring (bicyclic) bond motifs is 1. The molecular formula is C18H21N. The predicted octanol–water partition coefficient (Wildman–Crippen LogP) is 3.99. The summed E-state index contributed by atoms with van der Waals surface area (Å²) >= 11 is 0. The predicted molar refractivity (Wildman–Crippen MR) is 80.5 cm³/mol. The summed E-state index contributed by atoms with van der Waals surface area (Å²) in [5.74, 6) is 0.698. The molecule has 1 nitrogen and oxygen atoms in total. The Hall–Kier alpha value is -1.60. The van der Waals surface area contributed by atoms with Crippen molar-refractivity contribution in [1.29, 1.82) is 0 Å². The number of hydrogen-bond donors (Lipinski definition) is 1. The Bertz CT molecular complexity index is 556. The Morgan fingerprint density at radius 2 is 1.84 bits per heavy atom. The molecule has 0 saturated carbocycles. The maximum atomic E-state index is 3.66. The van der Waals surface area contributed by atoms with Crippen molar-refractivity contribution in [3.05, 3.63) is 70.8 Å². The highest BCUT2D eigenvalue weighted by atomic mass is 14.9. The van der Waals surface area contributed by atoms with Gasteiger partial charge in [0.25, 0.3) is 0 Å². The third kappa shape index (κ3) is 2.57. The first-order valence-electron chi connectivity index (χ1n) is 7.12. The van der Waals surface area contributed by atoms with E-state index in [9.17, 15) is 0 Å². The van der Waals surface area contributed by atoms with E-state index in [1.54, 1.807) is 0 Å². The minimum atomic E-state index is 0.424. The third-order valence-corrected chi connectivity index (χ3v) is 4.21. The standard InChI is InChI=1S/C18H21N/c1-13-7-9-15(10-8-13)14(2)19-12-17-11-16-5-3-4-6-18(16)17/h3-10,14,17,19H,11-12H2,1-2H3/t14-,17?/m1/s1. The van der Waals surface area contributed by atoms with Gasteiger partial charge >= 0.3 is 0 Å². The quantitative estimate of drug-likeness (QED) is 0.866. The zero-order chi connectivity index (χ0) is 13.2. The van der Waals surface area contributed by atoms with Gasteiger partial charge in [0.1, 0.15) is 0 Å². The van der Waals surface area contributed by atoms with Gasteiger partial charge in [-0.1, -0.05) is 54.1 Å². The maximum absolute atomic E-state index is 3.66. The van der Waals surface area contributed by atoms with E-state index in [1.807, 2.05) is 0 Å². The van der Waals surface area contributed by atoms with Gasteiger partial charge in [-0.15, -0.1) is 0 Å². The second-order valence-corrected chi connectivity index (χ2v) is 5.64. The molecule has 1 unspecified atom stereocenters. The van der Waals surface area contributed by atoms with Gasteiger partial charge in [-0.3, -0.25) is 0 Å². The Balaban J connectivity index is 1.57. The molecule has 0 bridgehead atoms. The van der Waals surface area contributed by atoms with Crippen LogP contribution < -0.4 is 5.32 Å². The van der Waals surface area contributed by atoms with Crippen LogP contribution in [0.3, 0.4) is 0 Å². The first-order valence-corrected chi connectivity index (χ1v) is 7.12. The summed E-state index contributed by atoms with van der Waals surface area (Å²) in [6, 6.07) is 18.0. The zero-order valence-electron chi connectivity index (χ0n) is 11.7. The summed E-state index contributed by atoms with van der Waals surface area (Å²) in [6.07, 6.45) is 1.23. The SMILES string of the molecule is Cc1ccc([C@@H](C)NCC2Cc3ccccc32)cc1. The minimum Gasteiger partial charge on any atom is -0.310 e. The van der Waals surface area contributed by atoms with Crippen molar-refractivity contribution >= 4 is 0 Å². The second kappa shape index (κ2) is 5.18. The van der Waals surface area contributed by atoms with Gasteiger partial charge in [-0.25, -0.2) is 0 Å². The van der Waals surface area contributed by atoms with Crippen LogP contribution in [0.15, 0.2) is 48.5 Å². The second-order valence-electron chi connectivity index (χ2n) is 5.64. The fourth-order valence-corrected chi connectivity index (χ4v) is 2.84. The average molecular weight is 251 g/mol. The summed E-state index contributed by atoms with van der Waals surface area (Å²) in [4.78, 5) is 0. The molecule has 1 aliphatic rings. The van der Waals surface area contributed by atoms with Crippen molar-refractivity contribution in [3.8, 4) is 0 Å². The lowest BCUT2D eigenvalue weighted by atomic mass is 9.77. The van der Waals surface area contributed by atoms with E-state index >= 15 is 0 Å². The first kappa shape index (κ1) is 12.4. The summed E-state index contributed by atoms with van der Waals surface area (Å²) in [5, 5.41) is 3.66. The number of benzene rings is 2. The summed E-state index contributed by atoms with van der Waals surface area (Å²) in [5.41, 5.74) is 5.76. The molecular weight excluding hydrogens is 230 g/mol. The zero-order valence-corrected chi connectivity index (χ0v) is 11.7. The summed E-state index contributed by atoms with van der Waals surface area (Å²) < 4.78 is 0. The molecule has 0 heterocycles. The average Bonchev–Trinajstić information content (AvgIpc) is 2.40. The van der Waals surface area contributed by atoms with Gasteiger partial charge in [0.15, 0.2) is 0 Å². The fraction of sp³-hybridized carbons (Fsp3) is 0.333. The number of aryl methyl sites for hydroxylation is 1. The van der Waals surface area contributed by atoms with Crippen LogP contribution in [0.1, 0.15) is 41.1 Å².